The van der Waals surface area contributed by atoms with Crippen LogP contribution < -0.4 is 4.90 Å². The minimum atomic E-state index is -0.188. The van der Waals surface area contributed by atoms with Gasteiger partial charge < -0.3 is 0 Å². The second-order valence-electron chi connectivity index (χ2n) is 3.95. The number of unbranched alkanes of at least 4 members (excludes halogenated alkanes) is 1. The summed E-state index contributed by atoms with van der Waals surface area (Å²) in [5, 5.41) is 0.892. The predicted molar refractivity (Wildman–Crippen MR) is 85.3 cm³/mol. The van der Waals surface area contributed by atoms with E-state index in [1.807, 2.05) is 0 Å². The quantitative estimate of drug-likeness (QED) is 0.664. The molecule has 0 saturated carbocycles. The van der Waals surface area contributed by atoms with Crippen LogP contribution in [-0.2, 0) is 0 Å². The SMILES string of the molecule is CCCCN(C(=O)N(C)SCl)c1ccc(Cl)c(Cl)c1. The summed E-state index contributed by atoms with van der Waals surface area (Å²) >= 11 is 12.7. The van der Waals surface area contributed by atoms with E-state index in [1.165, 1.54) is 4.31 Å². The van der Waals surface area contributed by atoms with Gasteiger partial charge in [-0.05, 0) is 35.3 Å². The van der Waals surface area contributed by atoms with Crippen molar-refractivity contribution in [3.63, 3.8) is 0 Å². The summed E-state index contributed by atoms with van der Waals surface area (Å²) in [7, 11) is 7.24. The van der Waals surface area contributed by atoms with Crippen LogP contribution in [0.3, 0.4) is 0 Å². The lowest BCUT2D eigenvalue weighted by Gasteiger charge is -2.26. The Balaban J connectivity index is 3.01. The molecular formula is C12H15Cl3N2OS. The average molecular weight is 342 g/mol. The molecule has 0 fully saturated rings. The third kappa shape index (κ3) is 4.63. The van der Waals surface area contributed by atoms with Gasteiger partial charge in [0.2, 0.25) is 0 Å². The largest absolute Gasteiger partial charge is 0.335 e. The number of carbonyl (C=O) groups is 1. The number of anilines is 1. The summed E-state index contributed by atoms with van der Waals surface area (Å²) < 4.78 is 1.36. The number of benzene rings is 1. The van der Waals surface area contributed by atoms with Crippen molar-refractivity contribution in [2.24, 2.45) is 0 Å². The fourth-order valence-electron chi connectivity index (χ4n) is 1.50. The topological polar surface area (TPSA) is 23.6 Å². The van der Waals surface area contributed by atoms with Gasteiger partial charge in [0.15, 0.2) is 0 Å². The Morgan fingerprint density at radius 1 is 1.32 bits per heavy atom. The zero-order valence-electron chi connectivity index (χ0n) is 10.7. The molecule has 0 aliphatic rings. The summed E-state index contributed by atoms with van der Waals surface area (Å²) in [6.45, 7) is 2.67. The van der Waals surface area contributed by atoms with E-state index in [9.17, 15) is 4.79 Å². The monoisotopic (exact) mass is 340 g/mol. The molecule has 3 nitrogen and oxygen atoms in total. The molecule has 0 unspecified atom stereocenters. The highest BCUT2D eigenvalue weighted by molar-refractivity contribution is 8.19. The number of hydrogen-bond acceptors (Lipinski definition) is 2. The summed E-state index contributed by atoms with van der Waals surface area (Å²) in [5.41, 5.74) is 0.713. The van der Waals surface area contributed by atoms with Crippen molar-refractivity contribution in [2.75, 3.05) is 18.5 Å². The standard InChI is InChI=1S/C12H15Cl3N2OS/c1-3-4-7-17(12(18)16(2)19-15)9-5-6-10(13)11(14)8-9/h5-6,8H,3-4,7H2,1-2H3. The Morgan fingerprint density at radius 2 is 2.00 bits per heavy atom. The van der Waals surface area contributed by atoms with Gasteiger partial charge in [-0.25, -0.2) is 4.79 Å². The fraction of sp³-hybridized carbons (Fsp3) is 0.417. The summed E-state index contributed by atoms with van der Waals surface area (Å²) in [5.74, 6) is 0. The number of nitrogens with zero attached hydrogens (tertiary/aromatic N) is 2. The van der Waals surface area contributed by atoms with Crippen molar-refractivity contribution in [1.29, 1.82) is 0 Å². The molecule has 106 valence electrons. The summed E-state index contributed by atoms with van der Waals surface area (Å²) in [6.07, 6.45) is 1.88. The van der Waals surface area contributed by atoms with Gasteiger partial charge >= 0.3 is 6.03 Å². The first-order valence-corrected chi connectivity index (χ1v) is 8.15. The molecule has 1 aromatic carbocycles. The van der Waals surface area contributed by atoms with E-state index >= 15 is 0 Å². The third-order valence-corrected chi connectivity index (χ3v) is 4.28. The lowest BCUT2D eigenvalue weighted by Crippen LogP contribution is -2.38. The van der Waals surface area contributed by atoms with E-state index < -0.39 is 0 Å². The molecular weight excluding hydrogens is 327 g/mol. The molecule has 2 amide bonds. The maximum atomic E-state index is 12.2. The van der Waals surface area contributed by atoms with E-state index in [0.717, 1.165) is 24.0 Å². The van der Waals surface area contributed by atoms with Crippen molar-refractivity contribution in [2.45, 2.75) is 19.8 Å². The molecule has 0 atom stereocenters. The van der Waals surface area contributed by atoms with Crippen molar-refractivity contribution < 1.29 is 4.79 Å². The minimum Gasteiger partial charge on any atom is -0.294 e. The summed E-state index contributed by atoms with van der Waals surface area (Å²) in [6, 6.07) is 4.95. The molecule has 0 radical (unpaired) electrons. The maximum absolute atomic E-state index is 12.2. The van der Waals surface area contributed by atoms with Gasteiger partial charge in [0.05, 0.1) is 21.2 Å². The minimum absolute atomic E-state index is 0.188. The van der Waals surface area contributed by atoms with Crippen LogP contribution in [0.25, 0.3) is 0 Å². The molecule has 7 heteroatoms. The van der Waals surface area contributed by atoms with Gasteiger partial charge in [-0.15, -0.1) is 0 Å². The first-order chi connectivity index (χ1) is 9.01. The van der Waals surface area contributed by atoms with Crippen molar-refractivity contribution in [3.8, 4) is 0 Å². The Bertz CT molecular complexity index is 445. The molecule has 0 heterocycles. The number of rotatable bonds is 5. The lowest BCUT2D eigenvalue weighted by atomic mass is 10.2. The van der Waals surface area contributed by atoms with Gasteiger partial charge in [-0.3, -0.25) is 9.21 Å². The Labute approximate surface area is 132 Å². The fourth-order valence-corrected chi connectivity index (χ4v) is 2.13. The molecule has 1 aromatic rings. The second kappa shape index (κ2) is 8.10. The van der Waals surface area contributed by atoms with E-state index in [4.69, 9.17) is 33.9 Å². The van der Waals surface area contributed by atoms with Crippen molar-refractivity contribution in [1.82, 2.24) is 4.31 Å². The van der Waals surface area contributed by atoms with Crippen LogP contribution in [0.15, 0.2) is 18.2 Å². The van der Waals surface area contributed by atoms with Crippen LogP contribution in [0.2, 0.25) is 10.0 Å². The smallest absolute Gasteiger partial charge is 0.294 e. The van der Waals surface area contributed by atoms with Gasteiger partial charge in [0, 0.05) is 19.3 Å². The molecule has 1 rings (SSSR count). The number of hydrogen-bond donors (Lipinski definition) is 0. The van der Waals surface area contributed by atoms with Crippen LogP contribution in [0.4, 0.5) is 10.5 Å². The number of amides is 2. The van der Waals surface area contributed by atoms with E-state index in [0.29, 0.717) is 22.3 Å². The highest BCUT2D eigenvalue weighted by atomic mass is 35.7. The number of carbonyl (C=O) groups excluding carboxylic acids is 1. The zero-order chi connectivity index (χ0) is 14.4. The normalized spacial score (nSPS) is 10.4. The van der Waals surface area contributed by atoms with E-state index in [1.54, 1.807) is 30.1 Å². The number of urea groups is 1. The Morgan fingerprint density at radius 3 is 2.53 bits per heavy atom. The first kappa shape index (κ1) is 16.8. The lowest BCUT2D eigenvalue weighted by molar-refractivity contribution is 0.236. The molecule has 0 aromatic heterocycles. The molecule has 0 aliphatic heterocycles. The van der Waals surface area contributed by atoms with E-state index in [2.05, 4.69) is 6.92 Å². The van der Waals surface area contributed by atoms with Crippen LogP contribution >= 0.6 is 45.0 Å². The first-order valence-electron chi connectivity index (χ1n) is 5.80. The molecule has 0 spiro atoms. The van der Waals surface area contributed by atoms with Gasteiger partial charge in [0.1, 0.15) is 0 Å². The Kier molecular flexibility index (Phi) is 7.15. The van der Waals surface area contributed by atoms with Gasteiger partial charge in [-0.1, -0.05) is 36.5 Å². The highest BCUT2D eigenvalue weighted by Crippen LogP contribution is 2.28. The summed E-state index contributed by atoms with van der Waals surface area (Å²) in [4.78, 5) is 13.9. The van der Waals surface area contributed by atoms with Crippen molar-refractivity contribution >= 4 is 56.8 Å². The van der Waals surface area contributed by atoms with Crippen LogP contribution in [0, 0.1) is 0 Å². The van der Waals surface area contributed by atoms with Crippen molar-refractivity contribution in [3.05, 3.63) is 28.2 Å². The molecule has 0 N–H and O–H groups in total. The zero-order valence-corrected chi connectivity index (χ0v) is 13.8. The molecule has 19 heavy (non-hydrogen) atoms. The third-order valence-electron chi connectivity index (χ3n) is 2.55. The van der Waals surface area contributed by atoms with Crippen LogP contribution in [0.1, 0.15) is 19.8 Å². The Hall–Kier alpha value is -0.290. The van der Waals surface area contributed by atoms with Gasteiger partial charge in [-0.2, -0.15) is 0 Å². The van der Waals surface area contributed by atoms with Crippen LogP contribution in [-0.4, -0.2) is 23.9 Å². The van der Waals surface area contributed by atoms with Gasteiger partial charge in [0.25, 0.3) is 0 Å². The second-order valence-corrected chi connectivity index (χ2v) is 5.87. The number of halogens is 3. The average Bonchev–Trinajstić information content (AvgIpc) is 2.41. The van der Waals surface area contributed by atoms with Crippen LogP contribution in [0.5, 0.6) is 0 Å². The molecule has 0 saturated heterocycles. The molecule has 0 aliphatic carbocycles. The maximum Gasteiger partial charge on any atom is 0.335 e. The predicted octanol–water partition coefficient (Wildman–Crippen LogP) is 5.45. The van der Waals surface area contributed by atoms with E-state index in [-0.39, 0.29) is 6.03 Å². The molecule has 0 bridgehead atoms. The highest BCUT2D eigenvalue weighted by Gasteiger charge is 2.20.